The minimum atomic E-state index is -0.537. The van der Waals surface area contributed by atoms with Crippen LogP contribution in [0.2, 0.25) is 0 Å². The summed E-state index contributed by atoms with van der Waals surface area (Å²) >= 11 is 0. The number of ether oxygens (including phenoxy) is 1. The van der Waals surface area contributed by atoms with Crippen LogP contribution in [-0.2, 0) is 11.2 Å². The molecule has 0 aliphatic heterocycles. The second-order valence-electron chi connectivity index (χ2n) is 3.49. The highest BCUT2D eigenvalue weighted by atomic mass is 16.5. The van der Waals surface area contributed by atoms with E-state index in [-0.39, 0.29) is 6.61 Å². The summed E-state index contributed by atoms with van der Waals surface area (Å²) in [6, 6.07) is 0. The van der Waals surface area contributed by atoms with E-state index in [1.54, 1.807) is 20.4 Å². The fraction of sp³-hybridized carbons (Fsp3) is 0.750. The van der Waals surface area contributed by atoms with Crippen LogP contribution in [0.25, 0.3) is 0 Å². The summed E-state index contributed by atoms with van der Waals surface area (Å²) in [4.78, 5) is 0. The molecule has 15 heavy (non-hydrogen) atoms. The lowest BCUT2D eigenvalue weighted by molar-refractivity contribution is 0.0666. The lowest BCUT2D eigenvalue weighted by Crippen LogP contribution is -2.52. The van der Waals surface area contributed by atoms with Gasteiger partial charge in [-0.25, -0.2) is 0 Å². The summed E-state index contributed by atoms with van der Waals surface area (Å²) in [5.41, 5.74) is 0.170. The Kier molecular flexibility index (Phi) is 4.25. The molecule has 0 bridgehead atoms. The molecule has 1 atom stereocenters. The molecule has 0 aromatic carbocycles. The molecule has 1 aromatic heterocycles. The van der Waals surface area contributed by atoms with E-state index in [1.807, 2.05) is 0 Å². The average Bonchev–Trinajstić information content (AvgIpc) is 2.63. The van der Waals surface area contributed by atoms with Gasteiger partial charge in [0.25, 0.3) is 7.98 Å². The molecular weight excluding hydrogens is 195 g/mol. The summed E-state index contributed by atoms with van der Waals surface area (Å²) in [6.45, 7) is 0.339. The summed E-state index contributed by atoms with van der Waals surface area (Å²) in [6.07, 6.45) is 2.11. The smallest absolute Gasteiger partial charge is 0.266 e. The molecule has 0 saturated carbocycles. The van der Waals surface area contributed by atoms with Crippen LogP contribution in [0.5, 0.6) is 0 Å². The Labute approximate surface area is 90.0 Å². The summed E-state index contributed by atoms with van der Waals surface area (Å²) in [5.74, 6) is 0. The standard InChI is InChI=1S/C8H15BN4O2/c1-10-8(5-14,6-15-2)3-7-4-13(9)12-11-7/h4,10,14H,3,5-6H2,1-2H3. The third-order valence-electron chi connectivity index (χ3n) is 2.33. The van der Waals surface area contributed by atoms with Gasteiger partial charge in [-0.1, -0.05) is 5.21 Å². The first-order chi connectivity index (χ1) is 7.15. The zero-order valence-electron chi connectivity index (χ0n) is 8.97. The van der Waals surface area contributed by atoms with Gasteiger partial charge in [-0.2, -0.15) is 0 Å². The number of likely N-dealkylation sites (N-methyl/N-ethyl adjacent to an activating group) is 1. The van der Waals surface area contributed by atoms with Gasteiger partial charge in [-0.05, 0) is 7.05 Å². The van der Waals surface area contributed by atoms with Crippen LogP contribution in [0.15, 0.2) is 6.20 Å². The third kappa shape index (κ3) is 3.02. The minimum absolute atomic E-state index is 0.0469. The van der Waals surface area contributed by atoms with Crippen LogP contribution in [0.4, 0.5) is 0 Å². The SMILES string of the molecule is [B]n1cc(CC(CO)(COC)NC)nn1. The minimum Gasteiger partial charge on any atom is -0.394 e. The number of nitrogens with zero attached hydrogens (tertiary/aromatic N) is 3. The summed E-state index contributed by atoms with van der Waals surface area (Å²) < 4.78 is 6.20. The first-order valence-corrected chi connectivity index (χ1v) is 4.61. The maximum absolute atomic E-state index is 9.35. The van der Waals surface area contributed by atoms with Gasteiger partial charge in [0.15, 0.2) is 0 Å². The van der Waals surface area contributed by atoms with Crippen molar-refractivity contribution in [3.8, 4) is 0 Å². The third-order valence-corrected chi connectivity index (χ3v) is 2.33. The first kappa shape index (κ1) is 12.2. The van der Waals surface area contributed by atoms with Gasteiger partial charge in [0, 0.05) is 19.7 Å². The fourth-order valence-electron chi connectivity index (χ4n) is 1.41. The van der Waals surface area contributed by atoms with E-state index < -0.39 is 5.54 Å². The molecule has 82 valence electrons. The monoisotopic (exact) mass is 210 g/mol. The van der Waals surface area contributed by atoms with Crippen molar-refractivity contribution in [1.29, 1.82) is 0 Å². The number of nitrogens with one attached hydrogen (secondary N) is 1. The number of aliphatic hydroxyl groups excluding tert-OH is 1. The molecular formula is C8H15BN4O2. The topological polar surface area (TPSA) is 72.2 Å². The van der Waals surface area contributed by atoms with Crippen molar-refractivity contribution in [2.45, 2.75) is 12.0 Å². The molecule has 0 amide bonds. The lowest BCUT2D eigenvalue weighted by Gasteiger charge is -2.29. The molecule has 1 heterocycles. The summed E-state index contributed by atoms with van der Waals surface area (Å²) in [5, 5.41) is 19.9. The number of aromatic nitrogens is 3. The molecule has 1 unspecified atom stereocenters. The van der Waals surface area contributed by atoms with Crippen LogP contribution in [0.1, 0.15) is 5.69 Å². The van der Waals surface area contributed by atoms with Crippen molar-refractivity contribution >= 4 is 7.98 Å². The van der Waals surface area contributed by atoms with Crippen molar-refractivity contribution in [2.75, 3.05) is 27.4 Å². The van der Waals surface area contributed by atoms with E-state index in [2.05, 4.69) is 15.6 Å². The largest absolute Gasteiger partial charge is 0.394 e. The van der Waals surface area contributed by atoms with E-state index in [0.717, 1.165) is 4.59 Å². The van der Waals surface area contributed by atoms with Crippen LogP contribution in [0.3, 0.4) is 0 Å². The van der Waals surface area contributed by atoms with Gasteiger partial charge in [0.05, 0.1) is 24.4 Å². The van der Waals surface area contributed by atoms with E-state index in [1.165, 1.54) is 0 Å². The molecule has 0 saturated heterocycles. The zero-order chi connectivity index (χ0) is 11.3. The Morgan fingerprint density at radius 3 is 2.87 bits per heavy atom. The van der Waals surface area contributed by atoms with Gasteiger partial charge in [0.1, 0.15) is 0 Å². The van der Waals surface area contributed by atoms with Crippen LogP contribution in [-0.4, -0.2) is 60.9 Å². The Morgan fingerprint density at radius 1 is 1.73 bits per heavy atom. The van der Waals surface area contributed by atoms with E-state index in [9.17, 15) is 5.11 Å². The Bertz CT molecular complexity index is 301. The number of hydrogen-bond donors (Lipinski definition) is 2. The molecule has 0 fully saturated rings. The number of rotatable bonds is 6. The normalized spacial score (nSPS) is 15.1. The van der Waals surface area contributed by atoms with Crippen molar-refractivity contribution in [3.63, 3.8) is 0 Å². The molecule has 1 rings (SSSR count). The predicted octanol–water partition coefficient (Wildman–Crippen LogP) is -1.65. The second kappa shape index (κ2) is 5.25. The predicted molar refractivity (Wildman–Crippen MR) is 55.6 cm³/mol. The average molecular weight is 210 g/mol. The Hall–Kier alpha value is -0.915. The van der Waals surface area contributed by atoms with Crippen LogP contribution < -0.4 is 5.32 Å². The van der Waals surface area contributed by atoms with E-state index >= 15 is 0 Å². The van der Waals surface area contributed by atoms with Crippen LogP contribution in [0, 0.1) is 0 Å². The number of aliphatic hydroxyl groups is 1. The molecule has 0 aliphatic carbocycles. The molecule has 0 spiro atoms. The lowest BCUT2D eigenvalue weighted by atomic mass is 9.96. The number of methoxy groups -OCH3 is 1. The second-order valence-corrected chi connectivity index (χ2v) is 3.49. The van der Waals surface area contributed by atoms with Crippen molar-refractivity contribution in [1.82, 2.24) is 20.2 Å². The van der Waals surface area contributed by atoms with Crippen molar-refractivity contribution < 1.29 is 9.84 Å². The van der Waals surface area contributed by atoms with Crippen molar-refractivity contribution in [2.24, 2.45) is 0 Å². The zero-order valence-corrected chi connectivity index (χ0v) is 8.97. The van der Waals surface area contributed by atoms with Crippen molar-refractivity contribution in [3.05, 3.63) is 11.9 Å². The molecule has 0 aliphatic rings. The Balaban J connectivity index is 2.73. The van der Waals surface area contributed by atoms with E-state index in [4.69, 9.17) is 12.7 Å². The van der Waals surface area contributed by atoms with Gasteiger partial charge < -0.3 is 19.8 Å². The van der Waals surface area contributed by atoms with Crippen LogP contribution >= 0.6 is 0 Å². The fourth-order valence-corrected chi connectivity index (χ4v) is 1.41. The van der Waals surface area contributed by atoms with Gasteiger partial charge in [-0.15, -0.1) is 5.10 Å². The van der Waals surface area contributed by atoms with Gasteiger partial charge in [0.2, 0.25) is 0 Å². The molecule has 6 nitrogen and oxygen atoms in total. The maximum atomic E-state index is 9.35. The quantitative estimate of drug-likeness (QED) is 0.550. The Morgan fingerprint density at radius 2 is 2.47 bits per heavy atom. The molecule has 2 radical (unpaired) electrons. The molecule has 2 N–H and O–H groups in total. The van der Waals surface area contributed by atoms with Gasteiger partial charge >= 0.3 is 0 Å². The maximum Gasteiger partial charge on any atom is 0.266 e. The highest BCUT2D eigenvalue weighted by Crippen LogP contribution is 2.11. The number of hydrogen-bond acceptors (Lipinski definition) is 5. The van der Waals surface area contributed by atoms with E-state index in [0.29, 0.717) is 18.7 Å². The highest BCUT2D eigenvalue weighted by molar-refractivity contribution is 6.05. The van der Waals surface area contributed by atoms with Gasteiger partial charge in [-0.3, -0.25) is 0 Å². The highest BCUT2D eigenvalue weighted by Gasteiger charge is 2.28. The molecule has 7 heteroatoms. The summed E-state index contributed by atoms with van der Waals surface area (Å²) in [7, 11) is 8.73. The molecule has 1 aromatic rings. The first-order valence-electron chi connectivity index (χ1n) is 4.61.